The lowest BCUT2D eigenvalue weighted by molar-refractivity contribution is 0.222. The number of rotatable bonds is 10. The van der Waals surface area contributed by atoms with E-state index in [1.807, 2.05) is 6.92 Å². The van der Waals surface area contributed by atoms with E-state index in [-0.39, 0.29) is 36.0 Å². The average molecular weight is 579 g/mol. The van der Waals surface area contributed by atoms with Crippen LogP contribution in [0.3, 0.4) is 0 Å². The Labute approximate surface area is 239 Å². The van der Waals surface area contributed by atoms with Crippen LogP contribution in [0.1, 0.15) is 70.7 Å². The van der Waals surface area contributed by atoms with Crippen molar-refractivity contribution in [3.63, 3.8) is 0 Å². The van der Waals surface area contributed by atoms with E-state index in [1.54, 1.807) is 30.9 Å². The quantitative estimate of drug-likeness (QED) is 0.291. The summed E-state index contributed by atoms with van der Waals surface area (Å²) < 4.78 is 31.5. The fourth-order valence-electron chi connectivity index (χ4n) is 5.20. The first kappa shape index (κ1) is 27.2. The second-order valence-corrected chi connectivity index (χ2v) is 12.9. The molecule has 0 radical (unpaired) electrons. The topological polar surface area (TPSA) is 155 Å². The van der Waals surface area contributed by atoms with Gasteiger partial charge in [-0.05, 0) is 50.7 Å². The van der Waals surface area contributed by atoms with E-state index in [0.29, 0.717) is 46.0 Å². The second-order valence-electron chi connectivity index (χ2n) is 10.6. The lowest BCUT2D eigenvalue weighted by Crippen LogP contribution is -2.33. The first-order chi connectivity index (χ1) is 19.8. The molecule has 4 aromatic heterocycles. The second kappa shape index (κ2) is 10.8. The van der Waals surface area contributed by atoms with Crippen LogP contribution >= 0.6 is 0 Å². The summed E-state index contributed by atoms with van der Waals surface area (Å²) in [6.07, 6.45) is 9.75. The van der Waals surface area contributed by atoms with E-state index in [4.69, 9.17) is 9.72 Å². The van der Waals surface area contributed by atoms with E-state index in [2.05, 4.69) is 30.2 Å². The zero-order chi connectivity index (χ0) is 28.7. The van der Waals surface area contributed by atoms with Crippen LogP contribution in [-0.4, -0.2) is 55.8 Å². The Kier molecular flexibility index (Phi) is 7.14. The first-order valence-corrected chi connectivity index (χ1v) is 15.6. The minimum absolute atomic E-state index is 0. The highest BCUT2D eigenvalue weighted by Crippen LogP contribution is 2.45. The average Bonchev–Trinajstić information content (AvgIpc) is 3.80. The molecule has 0 saturated heterocycles. The van der Waals surface area contributed by atoms with Crippen LogP contribution < -0.4 is 15.6 Å². The van der Waals surface area contributed by atoms with Crippen molar-refractivity contribution in [3.05, 3.63) is 52.6 Å². The molecule has 0 aromatic carbocycles. The maximum absolute atomic E-state index is 13.9. The minimum atomic E-state index is -3.34. The lowest BCUT2D eigenvalue weighted by atomic mass is 9.80. The summed E-state index contributed by atoms with van der Waals surface area (Å²) in [4.78, 5) is 41.2. The highest BCUT2D eigenvalue weighted by atomic mass is 32.2. The molecular weight excluding hydrogens is 544 g/mol. The van der Waals surface area contributed by atoms with Gasteiger partial charge in [0, 0.05) is 19.6 Å². The third-order valence-corrected chi connectivity index (χ3v) is 9.79. The fraction of sp³-hybridized carbons (Fsp3) is 0.464. The van der Waals surface area contributed by atoms with E-state index in [1.165, 1.54) is 18.6 Å². The summed E-state index contributed by atoms with van der Waals surface area (Å²) in [6, 6.07) is 3.06. The predicted molar refractivity (Wildman–Crippen MR) is 155 cm³/mol. The number of nitrogens with one attached hydrogen (secondary N) is 1. The molecule has 6 rings (SSSR count). The van der Waals surface area contributed by atoms with E-state index >= 15 is 0 Å². The molecule has 2 aliphatic rings. The molecule has 0 spiro atoms. The van der Waals surface area contributed by atoms with Gasteiger partial charge in [0.05, 0.1) is 41.9 Å². The minimum Gasteiger partial charge on any atom is -0.480 e. The van der Waals surface area contributed by atoms with Crippen molar-refractivity contribution in [1.82, 2.24) is 34.5 Å². The number of hydrogen-bond acceptors (Lipinski definition) is 11. The maximum Gasteiger partial charge on any atom is 0.295 e. The van der Waals surface area contributed by atoms with Gasteiger partial charge in [-0.15, -0.1) is 0 Å². The summed E-state index contributed by atoms with van der Waals surface area (Å²) in [7, 11) is -1.79. The molecule has 2 fully saturated rings. The first-order valence-electron chi connectivity index (χ1n) is 13.9. The largest absolute Gasteiger partial charge is 0.480 e. The Morgan fingerprint density at radius 1 is 1.10 bits per heavy atom. The molecular formula is C28H34N8O4S. The number of nitrogens with zero attached hydrogens (tertiary/aromatic N) is 7. The van der Waals surface area contributed by atoms with Crippen molar-refractivity contribution in [2.24, 2.45) is 5.92 Å². The zero-order valence-corrected chi connectivity index (χ0v) is 24.1. The molecule has 4 heterocycles. The number of fused-ring (bicyclic) bond motifs is 1. The monoisotopic (exact) mass is 578 g/mol. The molecule has 0 unspecified atom stereocenters. The molecule has 2 saturated carbocycles. The molecule has 12 nitrogen and oxygen atoms in total. The summed E-state index contributed by atoms with van der Waals surface area (Å²) >= 11 is 0. The Bertz CT molecular complexity index is 1770. The molecule has 13 heteroatoms. The van der Waals surface area contributed by atoms with E-state index in [0.717, 1.165) is 37.8 Å². The van der Waals surface area contributed by atoms with Gasteiger partial charge in [0.15, 0.2) is 27.1 Å². The van der Waals surface area contributed by atoms with Crippen LogP contribution in [0.25, 0.3) is 22.6 Å². The van der Waals surface area contributed by atoms with Crippen molar-refractivity contribution < 1.29 is 14.6 Å². The van der Waals surface area contributed by atoms with Gasteiger partial charge in [0.2, 0.25) is 5.88 Å². The van der Waals surface area contributed by atoms with Crippen LogP contribution in [0.4, 0.5) is 5.82 Å². The molecule has 1 atom stereocenters. The van der Waals surface area contributed by atoms with E-state index in [9.17, 15) is 13.2 Å². The van der Waals surface area contributed by atoms with Crippen molar-refractivity contribution in [1.29, 1.82) is 0 Å². The summed E-state index contributed by atoms with van der Waals surface area (Å²) in [5, 5.41) is 3.11. The van der Waals surface area contributed by atoms with Gasteiger partial charge >= 0.3 is 0 Å². The molecule has 0 bridgehead atoms. The Morgan fingerprint density at radius 2 is 1.90 bits per heavy atom. The number of hydrogen-bond donors (Lipinski definition) is 1. The molecule has 0 amide bonds. The summed E-state index contributed by atoms with van der Waals surface area (Å²) in [5.41, 5.74) is 2.72. The van der Waals surface area contributed by atoms with Crippen LogP contribution in [0.5, 0.6) is 5.88 Å². The smallest absolute Gasteiger partial charge is 0.295 e. The van der Waals surface area contributed by atoms with Gasteiger partial charge in [-0.1, -0.05) is 13.3 Å². The highest BCUT2D eigenvalue weighted by molar-refractivity contribution is 7.91. The molecule has 4 aromatic rings. The number of ether oxygens (including phenoxy) is 1. The van der Waals surface area contributed by atoms with Gasteiger partial charge in [-0.25, -0.2) is 33.3 Å². The third-order valence-electron chi connectivity index (χ3n) is 8.07. The predicted octanol–water partition coefficient (Wildman–Crippen LogP) is 3.94. The van der Waals surface area contributed by atoms with Gasteiger partial charge in [0.25, 0.3) is 5.56 Å². The van der Waals surface area contributed by atoms with Crippen molar-refractivity contribution in [2.45, 2.75) is 69.4 Å². The van der Waals surface area contributed by atoms with Gasteiger partial charge in [0.1, 0.15) is 17.4 Å². The normalized spacial score (nSPS) is 16.4. The summed E-state index contributed by atoms with van der Waals surface area (Å²) in [6.45, 7) is 3.83. The SMILES string of the molecule is CCS(=O)(=O)c1ccc(CNc2nc3cnc(-c4c(OC)ncnc4C4CC4)nc3n([C@H](C)C3CCC3)c2=O)nc1.[HH]. The number of aromatic nitrogens is 7. The molecule has 1 N–H and O–H groups in total. The Balaban J connectivity index is 0.00000353. The maximum atomic E-state index is 13.9. The van der Waals surface area contributed by atoms with Crippen molar-refractivity contribution >= 4 is 26.8 Å². The summed E-state index contributed by atoms with van der Waals surface area (Å²) in [5.74, 6) is 1.63. The van der Waals surface area contributed by atoms with Gasteiger partial charge in [-0.2, -0.15) is 0 Å². The standard InChI is InChI=1S/C28H32N8O4S.H2/c1-4-41(38,39)20-11-10-19(29-13-20)12-30-25-28(37)36(16(2)17-6-5-7-17)26-21(34-25)14-31-24(35-26)22-23(18-8-9-18)32-15-33-27(22)40-3;/h10-11,13-18H,4-9,12H2,1-3H3,(H,30,34);1H/t16-;/m1./s1. The number of pyridine rings is 1. The number of anilines is 1. The van der Waals surface area contributed by atoms with Gasteiger partial charge in [-0.3, -0.25) is 14.3 Å². The molecule has 41 heavy (non-hydrogen) atoms. The van der Waals surface area contributed by atoms with Crippen molar-refractivity contribution in [2.75, 3.05) is 18.2 Å². The highest BCUT2D eigenvalue weighted by Gasteiger charge is 2.32. The molecule has 2 aliphatic carbocycles. The lowest BCUT2D eigenvalue weighted by Gasteiger charge is -2.33. The Hall–Kier alpha value is -4.00. The Morgan fingerprint density at radius 3 is 2.54 bits per heavy atom. The van der Waals surface area contributed by atoms with Crippen LogP contribution in [-0.2, 0) is 16.4 Å². The van der Waals surface area contributed by atoms with Gasteiger partial charge < -0.3 is 10.1 Å². The van der Waals surface area contributed by atoms with Crippen LogP contribution in [0.15, 0.2) is 40.5 Å². The fourth-order valence-corrected chi connectivity index (χ4v) is 6.02. The van der Waals surface area contributed by atoms with Crippen LogP contribution in [0.2, 0.25) is 0 Å². The van der Waals surface area contributed by atoms with E-state index < -0.39 is 9.84 Å². The van der Waals surface area contributed by atoms with Crippen molar-refractivity contribution in [3.8, 4) is 17.3 Å². The third kappa shape index (κ3) is 5.14. The number of sulfone groups is 1. The molecule has 0 aliphatic heterocycles. The zero-order valence-electron chi connectivity index (χ0n) is 23.2. The van der Waals surface area contributed by atoms with Crippen LogP contribution in [0, 0.1) is 5.92 Å². The molecule has 216 valence electrons. The number of methoxy groups -OCH3 is 1.